The second-order valence-corrected chi connectivity index (χ2v) is 4.78. The van der Waals surface area contributed by atoms with Crippen LogP contribution in [0.4, 0.5) is 5.69 Å². The molecular formula is C16H13N3O5. The number of ether oxygens (including phenoxy) is 2. The molecule has 0 aliphatic rings. The Bertz CT molecular complexity index is 828. The maximum atomic E-state index is 10.6. The van der Waals surface area contributed by atoms with E-state index >= 15 is 0 Å². The van der Waals surface area contributed by atoms with Crippen LogP contribution in [-0.4, -0.2) is 22.2 Å². The summed E-state index contributed by atoms with van der Waals surface area (Å²) in [7, 11) is 1.59. The van der Waals surface area contributed by atoms with Gasteiger partial charge in [-0.15, -0.1) is 0 Å². The molecule has 0 radical (unpaired) electrons. The molecule has 0 bridgehead atoms. The van der Waals surface area contributed by atoms with Crippen LogP contribution in [-0.2, 0) is 6.61 Å². The summed E-state index contributed by atoms with van der Waals surface area (Å²) in [6.45, 7) is 0.0947. The molecule has 0 aliphatic heterocycles. The second-order valence-electron chi connectivity index (χ2n) is 4.78. The topological polar surface area (TPSA) is 101 Å². The fraction of sp³-hybridized carbons (Fsp3) is 0.125. The summed E-state index contributed by atoms with van der Waals surface area (Å²) in [5.74, 6) is 1.97. The minimum Gasteiger partial charge on any atom is -0.497 e. The normalized spacial score (nSPS) is 10.4. The van der Waals surface area contributed by atoms with Crippen molar-refractivity contribution in [2.45, 2.75) is 6.61 Å². The Morgan fingerprint density at radius 3 is 2.38 bits per heavy atom. The number of aromatic nitrogens is 2. The zero-order valence-corrected chi connectivity index (χ0v) is 12.7. The van der Waals surface area contributed by atoms with Gasteiger partial charge in [0.2, 0.25) is 5.82 Å². The highest BCUT2D eigenvalue weighted by Gasteiger charge is 2.10. The molecule has 0 spiro atoms. The quantitative estimate of drug-likeness (QED) is 0.506. The first-order chi connectivity index (χ1) is 11.7. The zero-order chi connectivity index (χ0) is 16.9. The van der Waals surface area contributed by atoms with Crippen LogP contribution in [0, 0.1) is 10.1 Å². The first-order valence-electron chi connectivity index (χ1n) is 7.00. The van der Waals surface area contributed by atoms with Crippen molar-refractivity contribution in [3.05, 3.63) is 64.5 Å². The Kier molecular flexibility index (Phi) is 4.37. The lowest BCUT2D eigenvalue weighted by Gasteiger charge is -2.02. The average Bonchev–Trinajstić information content (AvgIpc) is 3.09. The van der Waals surface area contributed by atoms with Crippen molar-refractivity contribution in [3.63, 3.8) is 0 Å². The van der Waals surface area contributed by atoms with Crippen molar-refractivity contribution < 1.29 is 18.9 Å². The fourth-order valence-electron chi connectivity index (χ4n) is 1.98. The van der Waals surface area contributed by atoms with Crippen LogP contribution in [0.1, 0.15) is 5.82 Å². The van der Waals surface area contributed by atoms with E-state index in [4.69, 9.17) is 14.0 Å². The van der Waals surface area contributed by atoms with Gasteiger partial charge in [-0.25, -0.2) is 0 Å². The lowest BCUT2D eigenvalue weighted by molar-refractivity contribution is -0.384. The molecule has 8 nitrogen and oxygen atoms in total. The Balaban J connectivity index is 1.64. The van der Waals surface area contributed by atoms with Gasteiger partial charge >= 0.3 is 0 Å². The van der Waals surface area contributed by atoms with Gasteiger partial charge in [-0.05, 0) is 36.4 Å². The molecule has 0 fully saturated rings. The van der Waals surface area contributed by atoms with Gasteiger partial charge in [0.15, 0.2) is 6.61 Å². The van der Waals surface area contributed by atoms with Gasteiger partial charge in [0.25, 0.3) is 11.6 Å². The molecule has 24 heavy (non-hydrogen) atoms. The van der Waals surface area contributed by atoms with Crippen LogP contribution in [0.15, 0.2) is 53.1 Å². The van der Waals surface area contributed by atoms with Crippen molar-refractivity contribution in [3.8, 4) is 23.0 Å². The lowest BCUT2D eigenvalue weighted by atomic mass is 10.2. The van der Waals surface area contributed by atoms with Crippen molar-refractivity contribution >= 4 is 5.69 Å². The monoisotopic (exact) mass is 327 g/mol. The van der Waals surface area contributed by atoms with Gasteiger partial charge in [-0.3, -0.25) is 10.1 Å². The molecule has 2 aromatic carbocycles. The summed E-state index contributed by atoms with van der Waals surface area (Å²) in [5, 5.41) is 14.4. The third kappa shape index (κ3) is 3.49. The zero-order valence-electron chi connectivity index (χ0n) is 12.7. The third-order valence-corrected chi connectivity index (χ3v) is 3.22. The fourth-order valence-corrected chi connectivity index (χ4v) is 1.98. The van der Waals surface area contributed by atoms with Crippen molar-refractivity contribution in [2.75, 3.05) is 7.11 Å². The number of hydrogen-bond acceptors (Lipinski definition) is 7. The van der Waals surface area contributed by atoms with Gasteiger partial charge in [0.05, 0.1) is 12.0 Å². The Labute approximate surface area is 136 Å². The molecule has 3 aromatic rings. The molecule has 0 aliphatic carbocycles. The van der Waals surface area contributed by atoms with Crippen molar-refractivity contribution in [1.82, 2.24) is 10.1 Å². The van der Waals surface area contributed by atoms with E-state index in [0.717, 1.165) is 11.3 Å². The summed E-state index contributed by atoms with van der Waals surface area (Å²) in [6.07, 6.45) is 0. The van der Waals surface area contributed by atoms with Crippen LogP contribution in [0.5, 0.6) is 11.5 Å². The van der Waals surface area contributed by atoms with E-state index in [2.05, 4.69) is 10.1 Å². The molecule has 0 atom stereocenters. The summed E-state index contributed by atoms with van der Waals surface area (Å²) in [5.41, 5.74) is 0.772. The summed E-state index contributed by atoms with van der Waals surface area (Å²) in [6, 6.07) is 13.0. The minimum absolute atomic E-state index is 0.00343. The highest BCUT2D eigenvalue weighted by atomic mass is 16.6. The molecule has 122 valence electrons. The number of nitro groups is 1. The van der Waals surface area contributed by atoms with Gasteiger partial charge in [0, 0.05) is 17.7 Å². The number of non-ortho nitro benzene ring substituents is 1. The lowest BCUT2D eigenvalue weighted by Crippen LogP contribution is -1.97. The summed E-state index contributed by atoms with van der Waals surface area (Å²) in [4.78, 5) is 14.4. The maximum absolute atomic E-state index is 10.6. The minimum atomic E-state index is -0.468. The molecule has 0 unspecified atom stereocenters. The molecule has 3 rings (SSSR count). The van der Waals surface area contributed by atoms with Crippen LogP contribution in [0.25, 0.3) is 11.5 Å². The number of benzene rings is 2. The van der Waals surface area contributed by atoms with E-state index in [1.54, 1.807) is 19.2 Å². The standard InChI is InChI=1S/C16H13N3O5/c1-22-13-6-2-11(3-7-13)16-17-15(18-24-16)10-23-14-8-4-12(5-9-14)19(20)21/h2-9H,10H2,1H3. The SMILES string of the molecule is COc1ccc(-c2nc(COc3ccc([N+](=O)[O-])cc3)no2)cc1. The van der Waals surface area contributed by atoms with Crippen molar-refractivity contribution in [1.29, 1.82) is 0 Å². The molecule has 8 heteroatoms. The maximum Gasteiger partial charge on any atom is 0.269 e. The van der Waals surface area contributed by atoms with E-state index in [0.29, 0.717) is 17.5 Å². The van der Waals surface area contributed by atoms with Crippen LogP contribution in [0.3, 0.4) is 0 Å². The highest BCUT2D eigenvalue weighted by Crippen LogP contribution is 2.22. The molecule has 0 amide bonds. The second kappa shape index (κ2) is 6.78. The summed E-state index contributed by atoms with van der Waals surface area (Å²) >= 11 is 0. The Morgan fingerprint density at radius 2 is 1.75 bits per heavy atom. The van der Waals surface area contributed by atoms with E-state index in [1.807, 2.05) is 12.1 Å². The Morgan fingerprint density at radius 1 is 1.08 bits per heavy atom. The molecular weight excluding hydrogens is 314 g/mol. The number of hydrogen-bond donors (Lipinski definition) is 0. The van der Waals surface area contributed by atoms with Gasteiger partial charge < -0.3 is 14.0 Å². The number of rotatable bonds is 6. The number of methoxy groups -OCH3 is 1. The molecule has 0 saturated carbocycles. The van der Waals surface area contributed by atoms with Gasteiger partial charge in [-0.2, -0.15) is 4.98 Å². The third-order valence-electron chi connectivity index (χ3n) is 3.22. The predicted molar refractivity (Wildman–Crippen MR) is 83.7 cm³/mol. The number of nitro benzene ring substituents is 1. The van der Waals surface area contributed by atoms with Gasteiger partial charge in [-0.1, -0.05) is 5.16 Å². The van der Waals surface area contributed by atoms with E-state index in [9.17, 15) is 10.1 Å². The molecule has 1 aromatic heterocycles. The van der Waals surface area contributed by atoms with Crippen LogP contribution < -0.4 is 9.47 Å². The molecule has 1 heterocycles. The van der Waals surface area contributed by atoms with Crippen LogP contribution >= 0.6 is 0 Å². The average molecular weight is 327 g/mol. The first-order valence-corrected chi connectivity index (χ1v) is 7.00. The number of nitrogens with zero attached hydrogens (tertiary/aromatic N) is 3. The highest BCUT2D eigenvalue weighted by molar-refractivity contribution is 5.54. The first kappa shape index (κ1) is 15.5. The largest absolute Gasteiger partial charge is 0.497 e. The van der Waals surface area contributed by atoms with E-state index < -0.39 is 4.92 Å². The predicted octanol–water partition coefficient (Wildman–Crippen LogP) is 3.23. The van der Waals surface area contributed by atoms with Gasteiger partial charge in [0.1, 0.15) is 11.5 Å². The van der Waals surface area contributed by atoms with Crippen molar-refractivity contribution in [2.24, 2.45) is 0 Å². The molecule has 0 N–H and O–H groups in total. The van der Waals surface area contributed by atoms with Crippen LogP contribution in [0.2, 0.25) is 0 Å². The summed E-state index contributed by atoms with van der Waals surface area (Å²) < 4.78 is 15.8. The smallest absolute Gasteiger partial charge is 0.269 e. The van der Waals surface area contributed by atoms with E-state index in [1.165, 1.54) is 24.3 Å². The van der Waals surface area contributed by atoms with E-state index in [-0.39, 0.29) is 12.3 Å². The molecule has 0 saturated heterocycles. The Hall–Kier alpha value is -3.42.